The molecule has 0 saturated carbocycles. The number of hydrogen-bond donors (Lipinski definition) is 2. The van der Waals surface area contributed by atoms with E-state index in [1.165, 1.54) is 17.6 Å². The summed E-state index contributed by atoms with van der Waals surface area (Å²) < 4.78 is 66.6. The van der Waals surface area contributed by atoms with Gasteiger partial charge in [-0.25, -0.2) is 4.52 Å². The van der Waals surface area contributed by atoms with Crippen LogP contribution < -0.4 is 14.8 Å². The fourth-order valence-corrected chi connectivity index (χ4v) is 3.76. The molecule has 0 spiro atoms. The van der Waals surface area contributed by atoms with Gasteiger partial charge in [-0.15, -0.1) is 5.10 Å². The molecule has 14 heteroatoms. The molecule has 1 amide bonds. The zero-order chi connectivity index (χ0) is 25.4. The summed E-state index contributed by atoms with van der Waals surface area (Å²) in [5.41, 5.74) is -3.55. The molecular formula is C21H15ClF3N5O4S. The minimum absolute atomic E-state index is 0.0541. The van der Waals surface area contributed by atoms with E-state index in [1.54, 1.807) is 42.5 Å². The number of benzene rings is 2. The lowest BCUT2D eigenvalue weighted by molar-refractivity contribution is -0.0500. The van der Waals surface area contributed by atoms with Crippen molar-refractivity contribution >= 4 is 44.9 Å². The van der Waals surface area contributed by atoms with E-state index in [9.17, 15) is 26.4 Å². The number of alkyl halides is 3. The molecule has 0 radical (unpaired) electrons. The number of nitrogens with zero attached hydrogens (tertiary/aromatic N) is 3. The molecule has 2 N–H and O–H groups in total. The fourth-order valence-electron chi connectivity index (χ4n) is 3.09. The van der Waals surface area contributed by atoms with Gasteiger partial charge in [0, 0.05) is 35.0 Å². The predicted molar refractivity (Wildman–Crippen MR) is 122 cm³/mol. The Kier molecular flexibility index (Phi) is 6.30. The first kappa shape index (κ1) is 24.3. The van der Waals surface area contributed by atoms with E-state index in [0.29, 0.717) is 22.6 Å². The van der Waals surface area contributed by atoms with E-state index in [-0.39, 0.29) is 22.4 Å². The second-order valence-electron chi connectivity index (χ2n) is 7.06. The smallest absolute Gasteiger partial charge is 0.376 e. The SMILES string of the molecule is CNC(=O)c1ccc(Nc2nc3cccc(-c4cc(Cl)cc(OS(=O)(=O)C(F)(F)F)c4)n3n2)cc1. The third-order valence-electron chi connectivity index (χ3n) is 4.65. The quantitative estimate of drug-likeness (QED) is 0.283. The first-order chi connectivity index (χ1) is 16.5. The molecule has 0 aliphatic carbocycles. The van der Waals surface area contributed by atoms with Crippen molar-refractivity contribution < 1.29 is 30.6 Å². The van der Waals surface area contributed by atoms with Crippen LogP contribution in [0, 0.1) is 0 Å². The number of carbonyl (C=O) groups is 1. The van der Waals surface area contributed by atoms with E-state index in [0.717, 1.165) is 12.1 Å². The second-order valence-corrected chi connectivity index (χ2v) is 9.03. The van der Waals surface area contributed by atoms with E-state index < -0.39 is 21.4 Å². The third-order valence-corrected chi connectivity index (χ3v) is 5.84. The molecule has 4 aromatic rings. The molecule has 35 heavy (non-hydrogen) atoms. The van der Waals surface area contributed by atoms with E-state index in [1.807, 2.05) is 0 Å². The van der Waals surface area contributed by atoms with Crippen LogP contribution >= 0.6 is 11.6 Å². The molecule has 0 aliphatic heterocycles. The van der Waals surface area contributed by atoms with Crippen LogP contribution in [0.15, 0.2) is 60.7 Å². The van der Waals surface area contributed by atoms with Gasteiger partial charge in [-0.05, 0) is 48.5 Å². The molecule has 2 aromatic carbocycles. The van der Waals surface area contributed by atoms with Gasteiger partial charge < -0.3 is 14.8 Å². The van der Waals surface area contributed by atoms with Crippen molar-refractivity contribution in [3.63, 3.8) is 0 Å². The standard InChI is InChI=1S/C21H15ClF3N5O4S/c1-26-19(31)12-5-7-15(8-6-12)27-20-28-18-4-2-3-17(30(18)29-20)13-9-14(22)11-16(10-13)34-35(32,33)21(23,24)25/h2-11H,1H3,(H,26,31)(H,27,29). The van der Waals surface area contributed by atoms with Crippen LogP contribution in [0.4, 0.5) is 24.8 Å². The highest BCUT2D eigenvalue weighted by molar-refractivity contribution is 7.88. The Bertz CT molecular complexity index is 1520. The molecule has 0 bridgehead atoms. The van der Waals surface area contributed by atoms with E-state index in [4.69, 9.17) is 11.6 Å². The second kappa shape index (κ2) is 9.07. The Hall–Kier alpha value is -3.84. The van der Waals surface area contributed by atoms with Crippen LogP contribution in [-0.2, 0) is 10.1 Å². The van der Waals surface area contributed by atoms with Gasteiger partial charge in [-0.2, -0.15) is 26.6 Å². The largest absolute Gasteiger partial charge is 0.534 e. The summed E-state index contributed by atoms with van der Waals surface area (Å²) in [6, 6.07) is 14.9. The van der Waals surface area contributed by atoms with Crippen molar-refractivity contribution in [2.45, 2.75) is 5.51 Å². The van der Waals surface area contributed by atoms with Crippen LogP contribution in [0.3, 0.4) is 0 Å². The van der Waals surface area contributed by atoms with Gasteiger partial charge in [0.05, 0.1) is 5.69 Å². The number of carbonyl (C=O) groups excluding carboxylic acids is 1. The fraction of sp³-hybridized carbons (Fsp3) is 0.0952. The number of anilines is 2. The normalized spacial score (nSPS) is 11.9. The molecule has 0 aliphatic rings. The minimum atomic E-state index is -5.88. The lowest BCUT2D eigenvalue weighted by Gasteiger charge is -2.11. The van der Waals surface area contributed by atoms with Crippen LogP contribution in [0.2, 0.25) is 5.02 Å². The molecule has 2 heterocycles. The van der Waals surface area contributed by atoms with Gasteiger partial charge >= 0.3 is 15.6 Å². The minimum Gasteiger partial charge on any atom is -0.376 e. The summed E-state index contributed by atoms with van der Waals surface area (Å²) in [6.45, 7) is 0. The summed E-state index contributed by atoms with van der Waals surface area (Å²) in [4.78, 5) is 16.0. The Balaban J connectivity index is 1.67. The summed E-state index contributed by atoms with van der Waals surface area (Å²) in [7, 11) is -4.35. The van der Waals surface area contributed by atoms with Crippen LogP contribution in [-0.4, -0.2) is 41.5 Å². The molecule has 0 fully saturated rings. The zero-order valence-electron chi connectivity index (χ0n) is 17.7. The molecule has 2 aromatic heterocycles. The Labute approximate surface area is 201 Å². The molecule has 4 rings (SSSR count). The van der Waals surface area contributed by atoms with Gasteiger partial charge in [0.25, 0.3) is 5.91 Å². The molecular weight excluding hydrogens is 511 g/mol. The van der Waals surface area contributed by atoms with Crippen molar-refractivity contribution in [1.82, 2.24) is 19.9 Å². The van der Waals surface area contributed by atoms with Crippen LogP contribution in [0.1, 0.15) is 10.4 Å². The number of halogens is 4. The summed E-state index contributed by atoms with van der Waals surface area (Å²) in [5, 5.41) is 9.83. The zero-order valence-corrected chi connectivity index (χ0v) is 19.2. The highest BCUT2D eigenvalue weighted by atomic mass is 35.5. The molecule has 9 nitrogen and oxygen atoms in total. The van der Waals surface area contributed by atoms with E-state index >= 15 is 0 Å². The number of rotatable bonds is 6. The Morgan fingerprint density at radius 2 is 1.80 bits per heavy atom. The Morgan fingerprint density at radius 3 is 2.46 bits per heavy atom. The maximum absolute atomic E-state index is 12.7. The maximum atomic E-state index is 12.7. The number of hydrogen-bond acceptors (Lipinski definition) is 7. The number of nitrogens with one attached hydrogen (secondary N) is 2. The third kappa shape index (κ3) is 5.15. The first-order valence-electron chi connectivity index (χ1n) is 9.73. The van der Waals surface area contributed by atoms with Gasteiger partial charge in [0.15, 0.2) is 5.65 Å². The van der Waals surface area contributed by atoms with Gasteiger partial charge in [0.2, 0.25) is 5.95 Å². The van der Waals surface area contributed by atoms with Crippen molar-refractivity contribution in [1.29, 1.82) is 0 Å². The summed E-state index contributed by atoms with van der Waals surface area (Å²) >= 11 is 6.01. The number of fused-ring (bicyclic) bond motifs is 1. The summed E-state index contributed by atoms with van der Waals surface area (Å²) in [5.74, 6) is -0.653. The Morgan fingerprint density at radius 1 is 1.09 bits per heavy atom. The maximum Gasteiger partial charge on any atom is 0.534 e. The molecule has 182 valence electrons. The predicted octanol–water partition coefficient (Wildman–Crippen LogP) is 4.38. The molecule has 0 unspecified atom stereocenters. The lowest BCUT2D eigenvalue weighted by atomic mass is 10.1. The first-order valence-corrected chi connectivity index (χ1v) is 11.5. The monoisotopic (exact) mass is 525 g/mol. The summed E-state index contributed by atoms with van der Waals surface area (Å²) in [6.07, 6.45) is 0. The van der Waals surface area contributed by atoms with Crippen molar-refractivity contribution in [2.75, 3.05) is 12.4 Å². The average molecular weight is 526 g/mol. The van der Waals surface area contributed by atoms with Crippen molar-refractivity contribution in [3.8, 4) is 17.0 Å². The van der Waals surface area contributed by atoms with Crippen molar-refractivity contribution in [2.24, 2.45) is 0 Å². The van der Waals surface area contributed by atoms with E-state index in [2.05, 4.69) is 24.9 Å². The number of pyridine rings is 1. The van der Waals surface area contributed by atoms with Crippen molar-refractivity contribution in [3.05, 3.63) is 71.2 Å². The molecule has 0 atom stereocenters. The van der Waals surface area contributed by atoms with Gasteiger partial charge in [-0.3, -0.25) is 4.79 Å². The number of amides is 1. The lowest BCUT2D eigenvalue weighted by Crippen LogP contribution is -2.28. The van der Waals surface area contributed by atoms with Crippen LogP contribution in [0.25, 0.3) is 16.9 Å². The highest BCUT2D eigenvalue weighted by Gasteiger charge is 2.48. The molecule has 0 saturated heterocycles. The average Bonchev–Trinajstić information content (AvgIpc) is 3.20. The number of aromatic nitrogens is 3. The van der Waals surface area contributed by atoms with Gasteiger partial charge in [-0.1, -0.05) is 17.7 Å². The van der Waals surface area contributed by atoms with Crippen LogP contribution in [0.5, 0.6) is 5.75 Å². The topological polar surface area (TPSA) is 115 Å². The highest BCUT2D eigenvalue weighted by Crippen LogP contribution is 2.33. The van der Waals surface area contributed by atoms with Gasteiger partial charge in [0.1, 0.15) is 5.75 Å².